The molecule has 0 aliphatic heterocycles. The molecule has 90 valence electrons. The van der Waals surface area contributed by atoms with Crippen LogP contribution in [0.1, 0.15) is 0 Å². The highest BCUT2D eigenvalue weighted by molar-refractivity contribution is 6.24. The fraction of sp³-hybridized carbons (Fsp3) is 0. The van der Waals surface area contributed by atoms with Gasteiger partial charge in [-0.25, -0.2) is 10.1 Å². The summed E-state index contributed by atoms with van der Waals surface area (Å²) in [5.41, 5.74) is -2.60. The summed E-state index contributed by atoms with van der Waals surface area (Å²) in [4.78, 5) is 29.4. The number of anilines is 1. The molecule has 0 aliphatic rings. The lowest BCUT2D eigenvalue weighted by molar-refractivity contribution is -0.477. The Morgan fingerprint density at radius 1 is 1.06 bits per heavy atom. The molecule has 1 aromatic carbocycles. The van der Waals surface area contributed by atoms with Gasteiger partial charge in [0.25, 0.3) is 0 Å². The van der Waals surface area contributed by atoms with Crippen LogP contribution in [0, 0.1) is 30.3 Å². The van der Waals surface area contributed by atoms with Crippen molar-refractivity contribution < 1.29 is 14.9 Å². The highest BCUT2D eigenvalue weighted by Crippen LogP contribution is 2.37. The molecular formula is C6H3ClN4O6. The molecule has 11 heteroatoms. The van der Waals surface area contributed by atoms with Crippen molar-refractivity contribution in [3.8, 4) is 0 Å². The van der Waals surface area contributed by atoms with E-state index < -0.39 is 31.9 Å². The van der Waals surface area contributed by atoms with Crippen LogP contribution in [0.25, 0.3) is 0 Å². The fourth-order valence-corrected chi connectivity index (χ4v) is 1.23. The number of hydrogen-bond acceptors (Lipinski definition) is 6. The van der Waals surface area contributed by atoms with Gasteiger partial charge in [0.2, 0.25) is 5.69 Å². The second-order valence-electron chi connectivity index (χ2n) is 2.66. The van der Waals surface area contributed by atoms with Crippen LogP contribution in [0.4, 0.5) is 17.1 Å². The average molecular weight is 263 g/mol. The van der Waals surface area contributed by atoms with Gasteiger partial charge in [0, 0.05) is 10.6 Å². The first-order valence-electron chi connectivity index (χ1n) is 3.88. The maximum absolute atomic E-state index is 10.7. The third-order valence-electron chi connectivity index (χ3n) is 1.71. The van der Waals surface area contributed by atoms with E-state index in [1.165, 1.54) is 0 Å². The minimum Gasteiger partial charge on any atom is -0.258 e. The van der Waals surface area contributed by atoms with E-state index in [4.69, 9.17) is 11.8 Å². The summed E-state index contributed by atoms with van der Waals surface area (Å²) >= 11 is 5.17. The van der Waals surface area contributed by atoms with Crippen LogP contribution in [0.3, 0.4) is 0 Å². The lowest BCUT2D eigenvalue weighted by atomic mass is 10.2. The number of halogens is 1. The van der Waals surface area contributed by atoms with Crippen molar-refractivity contribution in [1.29, 1.82) is 0 Å². The largest absolute Gasteiger partial charge is 0.376 e. The van der Waals surface area contributed by atoms with Crippen molar-refractivity contribution in [1.82, 2.24) is 0 Å². The summed E-state index contributed by atoms with van der Waals surface area (Å²) < 4.78 is -0.175. The molecular weight excluding hydrogens is 260 g/mol. The summed E-state index contributed by atoms with van der Waals surface area (Å²) in [7, 11) is 0. The molecule has 1 aromatic rings. The third-order valence-corrected chi connectivity index (χ3v) is 2.02. The molecule has 0 unspecified atom stereocenters. The summed E-state index contributed by atoms with van der Waals surface area (Å²) in [5, 5.41) is 30.4. The van der Waals surface area contributed by atoms with Gasteiger partial charge in [0.05, 0.1) is 21.6 Å². The monoisotopic (exact) mass is 262 g/mol. The first-order valence-corrected chi connectivity index (χ1v) is 4.22. The molecule has 0 radical (unpaired) electrons. The normalized spacial score (nSPS) is 9.71. The highest BCUT2D eigenvalue weighted by Gasteiger charge is 2.34. The molecule has 1 rings (SSSR count). The Morgan fingerprint density at radius 3 is 2.06 bits per heavy atom. The topological polar surface area (TPSA) is 133 Å². The molecule has 0 aliphatic carbocycles. The molecule has 0 fully saturated rings. The molecule has 0 spiro atoms. The van der Waals surface area contributed by atoms with Gasteiger partial charge in [0.15, 0.2) is 5.03 Å². The Balaban J connectivity index is 3.50. The summed E-state index contributed by atoms with van der Waals surface area (Å²) in [6, 6.07) is 2.84. The molecule has 10 nitrogen and oxygen atoms in total. The quantitative estimate of drug-likeness (QED) is 0.457. The second kappa shape index (κ2) is 4.57. The number of hydrazine groups is 1. The smallest absolute Gasteiger partial charge is 0.258 e. The van der Waals surface area contributed by atoms with E-state index >= 15 is 0 Å². The molecule has 0 atom stereocenters. The fourth-order valence-electron chi connectivity index (χ4n) is 1.09. The van der Waals surface area contributed by atoms with Crippen LogP contribution in [-0.4, -0.2) is 14.9 Å². The van der Waals surface area contributed by atoms with E-state index in [0.717, 1.165) is 18.2 Å². The number of nitro benzene ring substituents is 2. The van der Waals surface area contributed by atoms with Crippen molar-refractivity contribution in [3.05, 3.63) is 48.5 Å². The predicted molar refractivity (Wildman–Crippen MR) is 55.1 cm³/mol. The van der Waals surface area contributed by atoms with Crippen molar-refractivity contribution in [2.45, 2.75) is 0 Å². The Morgan fingerprint density at radius 2 is 1.65 bits per heavy atom. The maximum atomic E-state index is 10.7. The highest BCUT2D eigenvalue weighted by atomic mass is 35.5. The zero-order valence-corrected chi connectivity index (χ0v) is 8.60. The zero-order chi connectivity index (χ0) is 13.2. The van der Waals surface area contributed by atoms with Gasteiger partial charge >= 0.3 is 11.4 Å². The Bertz CT molecular complexity index is 505. The first kappa shape index (κ1) is 12.6. The molecule has 0 aromatic heterocycles. The lowest BCUT2D eigenvalue weighted by Crippen LogP contribution is -2.19. The standard InChI is InChI=1S/C6H3ClN4O6/c7-8(11(16)17)4-2-1-3-5(9(12)13)6(4)10(14)15/h1-3H. The van der Waals surface area contributed by atoms with Crippen LogP contribution in [0.5, 0.6) is 0 Å². The van der Waals surface area contributed by atoms with Crippen LogP contribution < -0.4 is 4.53 Å². The van der Waals surface area contributed by atoms with Crippen LogP contribution >= 0.6 is 11.8 Å². The van der Waals surface area contributed by atoms with Gasteiger partial charge < -0.3 is 0 Å². The van der Waals surface area contributed by atoms with Gasteiger partial charge in [0.1, 0.15) is 0 Å². The number of para-hydroxylation sites is 1. The second-order valence-corrected chi connectivity index (χ2v) is 2.98. The van der Waals surface area contributed by atoms with Crippen LogP contribution in [0.15, 0.2) is 18.2 Å². The number of hydrogen-bond donors (Lipinski definition) is 0. The molecule has 0 N–H and O–H groups in total. The molecule has 0 saturated carbocycles. The first-order chi connectivity index (χ1) is 7.86. The van der Waals surface area contributed by atoms with E-state index in [1.807, 2.05) is 0 Å². The minimum absolute atomic E-state index is 0.175. The van der Waals surface area contributed by atoms with Crippen molar-refractivity contribution in [2.75, 3.05) is 4.53 Å². The summed E-state index contributed by atoms with van der Waals surface area (Å²) in [6.07, 6.45) is 0. The number of rotatable bonds is 4. The van der Waals surface area contributed by atoms with Gasteiger partial charge in [-0.2, -0.15) is 0 Å². The zero-order valence-electron chi connectivity index (χ0n) is 7.85. The lowest BCUT2D eigenvalue weighted by Gasteiger charge is -2.04. The summed E-state index contributed by atoms with van der Waals surface area (Å²) in [6.45, 7) is 0. The van der Waals surface area contributed by atoms with Gasteiger partial charge in [-0.3, -0.25) is 20.2 Å². The molecule has 0 bridgehead atoms. The van der Waals surface area contributed by atoms with Crippen molar-refractivity contribution in [2.24, 2.45) is 0 Å². The van der Waals surface area contributed by atoms with E-state index in [9.17, 15) is 30.3 Å². The maximum Gasteiger partial charge on any atom is 0.376 e. The van der Waals surface area contributed by atoms with E-state index in [2.05, 4.69) is 0 Å². The van der Waals surface area contributed by atoms with Crippen LogP contribution in [-0.2, 0) is 0 Å². The van der Waals surface area contributed by atoms with Gasteiger partial charge in [-0.1, -0.05) is 6.07 Å². The summed E-state index contributed by atoms with van der Waals surface area (Å²) in [5.74, 6) is 0. The number of benzene rings is 1. The van der Waals surface area contributed by atoms with E-state index in [-0.39, 0.29) is 4.53 Å². The molecule has 0 saturated heterocycles. The molecule has 0 amide bonds. The van der Waals surface area contributed by atoms with E-state index in [0.29, 0.717) is 0 Å². The third kappa shape index (κ3) is 2.36. The number of nitro groups is 3. The Labute approximate surface area is 97.5 Å². The molecule has 17 heavy (non-hydrogen) atoms. The van der Waals surface area contributed by atoms with Crippen molar-refractivity contribution >= 4 is 28.8 Å². The van der Waals surface area contributed by atoms with Gasteiger partial charge in [-0.05, 0) is 6.07 Å². The Hall–Kier alpha value is -2.49. The van der Waals surface area contributed by atoms with Crippen molar-refractivity contribution in [3.63, 3.8) is 0 Å². The van der Waals surface area contributed by atoms with Crippen LogP contribution in [0.2, 0.25) is 0 Å². The predicted octanol–water partition coefficient (Wildman–Crippen LogP) is 1.65. The van der Waals surface area contributed by atoms with E-state index in [1.54, 1.807) is 0 Å². The molecule has 0 heterocycles. The average Bonchev–Trinajstić information content (AvgIpc) is 2.26. The Kier molecular flexibility index (Phi) is 3.38. The number of nitrogens with zero attached hydrogens (tertiary/aromatic N) is 4. The minimum atomic E-state index is -1.15. The van der Waals surface area contributed by atoms with Gasteiger partial charge in [-0.15, -0.1) is 0 Å². The SMILES string of the molecule is O=[N+]([O-])c1cccc(N(Cl)[N+](=O)[O-])c1[N+](=O)[O-].